The predicted octanol–water partition coefficient (Wildman–Crippen LogP) is 3.15. The fraction of sp³-hybridized carbons (Fsp3) is 1.00. The lowest BCUT2D eigenvalue weighted by molar-refractivity contribution is -0.135. The summed E-state index contributed by atoms with van der Waals surface area (Å²) in [6, 6.07) is 0. The van der Waals surface area contributed by atoms with E-state index in [1.807, 2.05) is 0 Å². The Balaban J connectivity index is 3.07. The van der Waals surface area contributed by atoms with Crippen molar-refractivity contribution in [1.82, 2.24) is 0 Å². The summed E-state index contributed by atoms with van der Waals surface area (Å²) in [5.41, 5.74) is 0. The van der Waals surface area contributed by atoms with Gasteiger partial charge < -0.3 is 0 Å². The largest absolute Gasteiger partial charge is 0.389 e. The minimum atomic E-state index is -3.95. The van der Waals surface area contributed by atoms with Crippen LogP contribution in [0.15, 0.2) is 0 Å². The monoisotopic (exact) mass is 252 g/mol. The zero-order chi connectivity index (χ0) is 7.33. The molecular formula is C5H8F3I. The van der Waals surface area contributed by atoms with Crippen molar-refractivity contribution in [1.29, 1.82) is 0 Å². The summed E-state index contributed by atoms with van der Waals surface area (Å²) in [6.45, 7) is 0. The molecule has 9 heavy (non-hydrogen) atoms. The fourth-order valence-electron chi connectivity index (χ4n) is 0.420. The average Bonchev–Trinajstić information content (AvgIpc) is 1.63. The smallest absolute Gasteiger partial charge is 0.171 e. The van der Waals surface area contributed by atoms with Crippen molar-refractivity contribution in [3.8, 4) is 0 Å². The number of hydrogen-bond donors (Lipinski definition) is 0. The molecule has 0 aromatic heterocycles. The van der Waals surface area contributed by atoms with E-state index in [9.17, 15) is 13.2 Å². The molecule has 0 nitrogen and oxygen atoms in total. The molecule has 0 heterocycles. The zero-order valence-electron chi connectivity index (χ0n) is 4.84. The van der Waals surface area contributed by atoms with Crippen molar-refractivity contribution < 1.29 is 13.2 Å². The van der Waals surface area contributed by atoms with Gasteiger partial charge in [-0.3, -0.25) is 0 Å². The van der Waals surface area contributed by atoms with Crippen LogP contribution in [0.1, 0.15) is 19.3 Å². The van der Waals surface area contributed by atoms with Gasteiger partial charge in [0.2, 0.25) is 0 Å². The van der Waals surface area contributed by atoms with Gasteiger partial charge in [0.1, 0.15) is 0 Å². The maximum atomic E-state index is 11.4. The minimum Gasteiger partial charge on any atom is -0.171 e. The van der Waals surface area contributed by atoms with Crippen LogP contribution in [-0.4, -0.2) is 10.6 Å². The van der Waals surface area contributed by atoms with Gasteiger partial charge in [-0.15, -0.1) is 0 Å². The maximum absolute atomic E-state index is 11.4. The van der Waals surface area contributed by atoms with Gasteiger partial charge in [-0.05, 0) is 17.3 Å². The van der Waals surface area contributed by atoms with E-state index >= 15 is 0 Å². The quantitative estimate of drug-likeness (QED) is 0.411. The van der Waals surface area contributed by atoms with Gasteiger partial charge >= 0.3 is 6.18 Å². The van der Waals surface area contributed by atoms with Crippen LogP contribution >= 0.6 is 22.6 Å². The standard InChI is InChI=1S/C5H8F3I/c6-5(7,8)3-1-2-4-9/h1-4H2. The molecule has 0 aromatic carbocycles. The van der Waals surface area contributed by atoms with Crippen LogP contribution in [0.4, 0.5) is 13.2 Å². The summed E-state index contributed by atoms with van der Waals surface area (Å²) in [5.74, 6) is 0. The van der Waals surface area contributed by atoms with Crippen LogP contribution in [-0.2, 0) is 0 Å². The lowest BCUT2D eigenvalue weighted by Gasteiger charge is -2.02. The molecule has 0 aliphatic rings. The number of rotatable bonds is 3. The second kappa shape index (κ2) is 4.35. The van der Waals surface area contributed by atoms with E-state index in [0.29, 0.717) is 6.42 Å². The molecule has 0 saturated heterocycles. The molecule has 4 heteroatoms. The van der Waals surface area contributed by atoms with Crippen LogP contribution in [0.25, 0.3) is 0 Å². The van der Waals surface area contributed by atoms with E-state index in [1.54, 1.807) is 0 Å². The second-order valence-corrected chi connectivity index (χ2v) is 2.84. The molecule has 0 N–H and O–H groups in total. The Hall–Kier alpha value is 0.520. The van der Waals surface area contributed by atoms with E-state index in [1.165, 1.54) is 0 Å². The van der Waals surface area contributed by atoms with Crippen molar-refractivity contribution in [2.24, 2.45) is 0 Å². The minimum absolute atomic E-state index is 0.270. The summed E-state index contributed by atoms with van der Waals surface area (Å²) in [6.07, 6.45) is -3.64. The molecule has 0 aliphatic carbocycles. The number of unbranched alkanes of at least 4 members (excludes halogenated alkanes) is 1. The van der Waals surface area contributed by atoms with Crippen molar-refractivity contribution in [3.63, 3.8) is 0 Å². The van der Waals surface area contributed by atoms with Gasteiger partial charge in [-0.1, -0.05) is 22.6 Å². The Labute approximate surface area is 66.0 Å². The number of halogens is 4. The van der Waals surface area contributed by atoms with E-state index in [0.717, 1.165) is 4.43 Å². The third-order valence-corrected chi connectivity index (χ3v) is 1.61. The molecule has 0 amide bonds. The number of alkyl halides is 4. The van der Waals surface area contributed by atoms with Crippen molar-refractivity contribution in [3.05, 3.63) is 0 Å². The highest BCUT2D eigenvalue weighted by Gasteiger charge is 2.25. The molecule has 0 unspecified atom stereocenters. The Bertz CT molecular complexity index is 69.1. The average molecular weight is 252 g/mol. The van der Waals surface area contributed by atoms with E-state index in [2.05, 4.69) is 22.6 Å². The molecule has 0 spiro atoms. The van der Waals surface area contributed by atoms with Crippen LogP contribution in [0.3, 0.4) is 0 Å². The molecule has 0 atom stereocenters. The molecule has 0 aromatic rings. The summed E-state index contributed by atoms with van der Waals surface area (Å²) < 4.78 is 34.9. The highest BCUT2D eigenvalue weighted by Crippen LogP contribution is 2.22. The molecule has 0 fully saturated rings. The summed E-state index contributed by atoms with van der Waals surface area (Å²) in [4.78, 5) is 0. The normalized spacial score (nSPS) is 12.0. The Kier molecular flexibility index (Phi) is 4.61. The lowest BCUT2D eigenvalue weighted by atomic mass is 10.2. The van der Waals surface area contributed by atoms with Gasteiger partial charge in [0, 0.05) is 6.42 Å². The highest BCUT2D eigenvalue weighted by molar-refractivity contribution is 14.1. The first-order valence-electron chi connectivity index (χ1n) is 2.69. The first-order valence-corrected chi connectivity index (χ1v) is 4.21. The van der Waals surface area contributed by atoms with E-state index in [-0.39, 0.29) is 6.42 Å². The Morgan fingerprint density at radius 3 is 2.00 bits per heavy atom. The number of hydrogen-bond acceptors (Lipinski definition) is 0. The van der Waals surface area contributed by atoms with Crippen molar-refractivity contribution in [2.45, 2.75) is 25.4 Å². The Morgan fingerprint density at radius 2 is 1.67 bits per heavy atom. The molecular weight excluding hydrogens is 244 g/mol. The Morgan fingerprint density at radius 1 is 1.11 bits per heavy atom. The van der Waals surface area contributed by atoms with Gasteiger partial charge in [0.25, 0.3) is 0 Å². The van der Waals surface area contributed by atoms with Gasteiger partial charge in [0.05, 0.1) is 0 Å². The lowest BCUT2D eigenvalue weighted by Crippen LogP contribution is -2.06. The molecule has 0 aliphatic heterocycles. The third-order valence-electron chi connectivity index (χ3n) is 0.844. The SMILES string of the molecule is FC(F)(F)CCCCI. The van der Waals surface area contributed by atoms with Crippen molar-refractivity contribution >= 4 is 22.6 Å². The van der Waals surface area contributed by atoms with Crippen LogP contribution in [0.2, 0.25) is 0 Å². The van der Waals surface area contributed by atoms with Crippen LogP contribution < -0.4 is 0 Å². The van der Waals surface area contributed by atoms with E-state index < -0.39 is 12.6 Å². The van der Waals surface area contributed by atoms with E-state index in [4.69, 9.17) is 0 Å². The first-order chi connectivity index (χ1) is 4.06. The van der Waals surface area contributed by atoms with Gasteiger partial charge in [-0.25, -0.2) is 0 Å². The topological polar surface area (TPSA) is 0 Å². The summed E-state index contributed by atoms with van der Waals surface area (Å²) in [7, 11) is 0. The second-order valence-electron chi connectivity index (χ2n) is 1.76. The predicted molar refractivity (Wildman–Crippen MR) is 38.8 cm³/mol. The third kappa shape index (κ3) is 8.52. The first kappa shape index (κ1) is 9.52. The van der Waals surface area contributed by atoms with Crippen molar-refractivity contribution in [2.75, 3.05) is 4.43 Å². The van der Waals surface area contributed by atoms with Crippen LogP contribution in [0, 0.1) is 0 Å². The molecule has 0 rings (SSSR count). The maximum Gasteiger partial charge on any atom is 0.389 e. The summed E-state index contributed by atoms with van der Waals surface area (Å²) in [5, 5.41) is 0. The van der Waals surface area contributed by atoms with Gasteiger partial charge in [0.15, 0.2) is 0 Å². The fourth-order valence-corrected chi connectivity index (χ4v) is 0.959. The molecule has 0 bridgehead atoms. The molecule has 56 valence electrons. The zero-order valence-corrected chi connectivity index (χ0v) is 7.00. The van der Waals surface area contributed by atoms with Gasteiger partial charge in [-0.2, -0.15) is 13.2 Å². The highest BCUT2D eigenvalue weighted by atomic mass is 127. The molecule has 0 radical (unpaired) electrons. The molecule has 0 saturated carbocycles. The van der Waals surface area contributed by atoms with Crippen LogP contribution in [0.5, 0.6) is 0 Å². The summed E-state index contributed by atoms with van der Waals surface area (Å²) >= 11 is 2.07.